The van der Waals surface area contributed by atoms with Crippen molar-refractivity contribution < 1.29 is 17.9 Å². The van der Waals surface area contributed by atoms with Crippen LogP contribution in [-0.4, -0.2) is 22.6 Å². The Morgan fingerprint density at radius 1 is 1.27 bits per heavy atom. The second-order valence-corrected chi connectivity index (χ2v) is 4.87. The lowest BCUT2D eigenvalue weighted by atomic mass is 10.2. The number of alkyl halides is 3. The zero-order chi connectivity index (χ0) is 16.0. The van der Waals surface area contributed by atoms with E-state index in [2.05, 4.69) is 15.2 Å². The molecule has 0 aliphatic rings. The van der Waals surface area contributed by atoms with E-state index in [0.29, 0.717) is 12.1 Å². The van der Waals surface area contributed by atoms with Crippen LogP contribution >= 0.6 is 0 Å². The van der Waals surface area contributed by atoms with Crippen LogP contribution in [0.15, 0.2) is 36.7 Å². The lowest BCUT2D eigenvalue weighted by Gasteiger charge is -2.09. The second kappa shape index (κ2) is 7.31. The van der Waals surface area contributed by atoms with E-state index in [4.69, 9.17) is 0 Å². The van der Waals surface area contributed by atoms with Gasteiger partial charge in [0.1, 0.15) is 6.61 Å². The first-order valence-corrected chi connectivity index (χ1v) is 6.95. The molecule has 0 amide bonds. The van der Waals surface area contributed by atoms with E-state index in [1.54, 1.807) is 24.4 Å². The predicted molar refractivity (Wildman–Crippen MR) is 77.4 cm³/mol. The number of nitrogens with zero attached hydrogens (tertiary/aromatic N) is 2. The molecular weight excluding hydrogens is 295 g/mol. The van der Waals surface area contributed by atoms with E-state index < -0.39 is 12.8 Å². The Labute approximate surface area is 126 Å². The molecule has 120 valence electrons. The first-order valence-electron chi connectivity index (χ1n) is 6.95. The van der Waals surface area contributed by atoms with Crippen LogP contribution in [0.3, 0.4) is 0 Å². The Morgan fingerprint density at radius 3 is 2.77 bits per heavy atom. The van der Waals surface area contributed by atoms with Crippen molar-refractivity contribution in [1.82, 2.24) is 9.78 Å². The maximum Gasteiger partial charge on any atom is 0.411 e. The molecule has 0 saturated carbocycles. The summed E-state index contributed by atoms with van der Waals surface area (Å²) in [4.78, 5) is 0. The fourth-order valence-corrected chi connectivity index (χ4v) is 1.93. The highest BCUT2D eigenvalue weighted by Crippen LogP contribution is 2.17. The number of hydrogen-bond donors (Lipinski definition) is 1. The monoisotopic (exact) mass is 313 g/mol. The van der Waals surface area contributed by atoms with Crippen molar-refractivity contribution in [3.8, 4) is 0 Å². The molecule has 0 unspecified atom stereocenters. The molecule has 1 aromatic carbocycles. The lowest BCUT2D eigenvalue weighted by molar-refractivity contribution is -0.176. The van der Waals surface area contributed by atoms with Gasteiger partial charge in [-0.15, -0.1) is 0 Å². The van der Waals surface area contributed by atoms with E-state index in [1.807, 2.05) is 23.9 Å². The molecule has 1 aromatic heterocycles. The minimum Gasteiger partial charge on any atom is -0.381 e. The highest BCUT2D eigenvalue weighted by atomic mass is 19.4. The van der Waals surface area contributed by atoms with E-state index in [1.165, 1.54) is 0 Å². The summed E-state index contributed by atoms with van der Waals surface area (Å²) in [5.74, 6) is 0. The Morgan fingerprint density at radius 2 is 2.09 bits per heavy atom. The summed E-state index contributed by atoms with van der Waals surface area (Å²) in [5, 5.41) is 7.39. The molecule has 2 rings (SSSR count). The summed E-state index contributed by atoms with van der Waals surface area (Å²) in [7, 11) is 0. The third kappa shape index (κ3) is 5.40. The molecule has 0 radical (unpaired) electrons. The van der Waals surface area contributed by atoms with Gasteiger partial charge in [0.25, 0.3) is 0 Å². The van der Waals surface area contributed by atoms with Gasteiger partial charge < -0.3 is 10.1 Å². The van der Waals surface area contributed by atoms with E-state index in [-0.39, 0.29) is 6.61 Å². The van der Waals surface area contributed by atoms with Gasteiger partial charge in [-0.25, -0.2) is 0 Å². The third-order valence-corrected chi connectivity index (χ3v) is 2.97. The molecule has 22 heavy (non-hydrogen) atoms. The Bertz CT molecular complexity index is 596. The topological polar surface area (TPSA) is 39.1 Å². The fraction of sp³-hybridized carbons (Fsp3) is 0.400. The zero-order valence-corrected chi connectivity index (χ0v) is 12.2. The number of anilines is 1. The van der Waals surface area contributed by atoms with Gasteiger partial charge in [-0.1, -0.05) is 12.1 Å². The highest BCUT2D eigenvalue weighted by molar-refractivity contribution is 5.45. The molecule has 0 bridgehead atoms. The van der Waals surface area contributed by atoms with Crippen LogP contribution in [0.1, 0.15) is 18.1 Å². The molecule has 0 aliphatic carbocycles. The molecule has 1 N–H and O–H groups in total. The van der Waals surface area contributed by atoms with E-state index in [0.717, 1.165) is 17.8 Å². The zero-order valence-electron chi connectivity index (χ0n) is 12.2. The molecule has 0 saturated heterocycles. The average molecular weight is 313 g/mol. The summed E-state index contributed by atoms with van der Waals surface area (Å²) < 4.78 is 42.6. The Kier molecular flexibility index (Phi) is 5.43. The summed E-state index contributed by atoms with van der Waals surface area (Å²) in [6, 6.07) is 7.15. The van der Waals surface area contributed by atoms with Gasteiger partial charge in [0, 0.05) is 30.5 Å². The van der Waals surface area contributed by atoms with Gasteiger partial charge in [-0.05, 0) is 24.6 Å². The van der Waals surface area contributed by atoms with Crippen molar-refractivity contribution in [2.45, 2.75) is 32.8 Å². The summed E-state index contributed by atoms with van der Waals surface area (Å²) in [5.41, 5.74) is 2.57. The third-order valence-electron chi connectivity index (χ3n) is 2.97. The van der Waals surface area contributed by atoms with E-state index in [9.17, 15) is 13.2 Å². The van der Waals surface area contributed by atoms with Gasteiger partial charge in [0.15, 0.2) is 0 Å². The van der Waals surface area contributed by atoms with Crippen LogP contribution in [0.2, 0.25) is 0 Å². The molecule has 1 heterocycles. The summed E-state index contributed by atoms with van der Waals surface area (Å²) in [6.45, 7) is 2.12. The molecular formula is C15H18F3N3O. The van der Waals surface area contributed by atoms with Crippen molar-refractivity contribution in [2.75, 3.05) is 11.9 Å². The van der Waals surface area contributed by atoms with Gasteiger partial charge in [-0.3, -0.25) is 4.68 Å². The van der Waals surface area contributed by atoms with Crippen LogP contribution < -0.4 is 5.32 Å². The molecule has 0 fully saturated rings. The number of aryl methyl sites for hydroxylation is 1. The van der Waals surface area contributed by atoms with Crippen molar-refractivity contribution in [3.63, 3.8) is 0 Å². The maximum atomic E-state index is 12.0. The first-order chi connectivity index (χ1) is 10.5. The number of nitrogens with one attached hydrogen (secondary N) is 1. The summed E-state index contributed by atoms with van der Waals surface area (Å²) in [6.07, 6.45) is -0.564. The molecule has 0 spiro atoms. The lowest BCUT2D eigenvalue weighted by Crippen LogP contribution is -2.16. The van der Waals surface area contributed by atoms with Gasteiger partial charge in [0.2, 0.25) is 0 Å². The number of aromatic nitrogens is 2. The highest BCUT2D eigenvalue weighted by Gasteiger charge is 2.27. The number of hydrogen-bond acceptors (Lipinski definition) is 3. The molecule has 4 nitrogen and oxygen atoms in total. The summed E-state index contributed by atoms with van der Waals surface area (Å²) >= 11 is 0. The number of rotatable bonds is 7. The smallest absolute Gasteiger partial charge is 0.381 e. The van der Waals surface area contributed by atoms with Crippen LogP contribution in [0.25, 0.3) is 0 Å². The normalized spacial score (nSPS) is 11.6. The standard InChI is InChI=1S/C15H18F3N3O/c1-2-21-9-13(8-20-21)7-19-14-5-3-4-12(6-14)10-22-11-15(16,17)18/h3-6,8-9,19H,2,7,10-11H2,1H3. The Hall–Kier alpha value is -2.02. The SMILES string of the molecule is CCn1cc(CNc2cccc(COCC(F)(F)F)c2)cn1. The van der Waals surface area contributed by atoms with Crippen molar-refractivity contribution >= 4 is 5.69 Å². The van der Waals surface area contributed by atoms with Crippen molar-refractivity contribution in [3.05, 3.63) is 47.8 Å². The largest absolute Gasteiger partial charge is 0.411 e. The number of halogens is 3. The van der Waals surface area contributed by atoms with Crippen LogP contribution in [0.4, 0.5) is 18.9 Å². The Balaban J connectivity index is 1.85. The second-order valence-electron chi connectivity index (χ2n) is 4.87. The first kappa shape index (κ1) is 16.4. The average Bonchev–Trinajstić information content (AvgIpc) is 2.92. The number of ether oxygens (including phenoxy) is 1. The molecule has 7 heteroatoms. The molecule has 0 aliphatic heterocycles. The van der Waals surface area contributed by atoms with Gasteiger partial charge >= 0.3 is 6.18 Å². The number of benzene rings is 1. The van der Waals surface area contributed by atoms with E-state index >= 15 is 0 Å². The molecule has 2 aromatic rings. The fourth-order valence-electron chi connectivity index (χ4n) is 1.93. The van der Waals surface area contributed by atoms with Crippen LogP contribution in [0.5, 0.6) is 0 Å². The van der Waals surface area contributed by atoms with Crippen LogP contribution in [-0.2, 0) is 24.4 Å². The minimum absolute atomic E-state index is 0.0667. The predicted octanol–water partition coefficient (Wildman–Crippen LogP) is 3.59. The van der Waals surface area contributed by atoms with Crippen molar-refractivity contribution in [2.24, 2.45) is 0 Å². The minimum atomic E-state index is -4.30. The van der Waals surface area contributed by atoms with Gasteiger partial charge in [0.05, 0.1) is 12.8 Å². The van der Waals surface area contributed by atoms with Gasteiger partial charge in [-0.2, -0.15) is 18.3 Å². The molecule has 0 atom stereocenters. The maximum absolute atomic E-state index is 12.0. The van der Waals surface area contributed by atoms with Crippen molar-refractivity contribution in [1.29, 1.82) is 0 Å². The quantitative estimate of drug-likeness (QED) is 0.849. The van der Waals surface area contributed by atoms with Crippen LogP contribution in [0, 0.1) is 0 Å².